The predicted molar refractivity (Wildman–Crippen MR) is 79.8 cm³/mol. The van der Waals surface area contributed by atoms with Gasteiger partial charge in [-0.05, 0) is 24.3 Å². The Balaban J connectivity index is 2.27. The zero-order valence-corrected chi connectivity index (χ0v) is 12.3. The summed E-state index contributed by atoms with van der Waals surface area (Å²) in [6, 6.07) is 9.19. The van der Waals surface area contributed by atoms with Crippen LogP contribution in [0.3, 0.4) is 0 Å². The van der Waals surface area contributed by atoms with Gasteiger partial charge in [-0.3, -0.25) is 10.1 Å². The van der Waals surface area contributed by atoms with Crippen LogP contribution in [0.25, 0.3) is 0 Å². The van der Waals surface area contributed by atoms with E-state index in [0.717, 1.165) is 0 Å². The number of hydrogen-bond donors (Lipinski definition) is 1. The summed E-state index contributed by atoms with van der Waals surface area (Å²) in [7, 11) is 0. The van der Waals surface area contributed by atoms with E-state index in [4.69, 9.17) is 27.9 Å². The Bertz CT molecular complexity index is 676. The van der Waals surface area contributed by atoms with Crippen molar-refractivity contribution in [3.05, 3.63) is 67.7 Å². The van der Waals surface area contributed by atoms with Gasteiger partial charge in [-0.25, -0.2) is 0 Å². The van der Waals surface area contributed by atoms with Crippen molar-refractivity contribution in [3.8, 4) is 5.75 Å². The van der Waals surface area contributed by atoms with Crippen molar-refractivity contribution in [3.63, 3.8) is 0 Å². The molecule has 0 amide bonds. The SMILES string of the molecule is O=[N+]([O-])c1cccc(Cl)c1COc1ccc(Cl)cc1CO. The van der Waals surface area contributed by atoms with Gasteiger partial charge in [0, 0.05) is 16.7 Å². The molecule has 0 spiro atoms. The summed E-state index contributed by atoms with van der Waals surface area (Å²) in [6.07, 6.45) is 0. The fourth-order valence-electron chi connectivity index (χ4n) is 1.82. The molecule has 0 unspecified atom stereocenters. The molecular weight excluding hydrogens is 317 g/mol. The minimum atomic E-state index is -0.514. The average Bonchev–Trinajstić information content (AvgIpc) is 2.46. The minimum Gasteiger partial charge on any atom is -0.488 e. The number of benzene rings is 2. The molecule has 0 bridgehead atoms. The van der Waals surface area contributed by atoms with E-state index >= 15 is 0 Å². The summed E-state index contributed by atoms with van der Waals surface area (Å²) in [5.41, 5.74) is 0.669. The second-order valence-electron chi connectivity index (χ2n) is 4.19. The molecule has 2 rings (SSSR count). The monoisotopic (exact) mass is 327 g/mol. The molecule has 0 aliphatic rings. The maximum Gasteiger partial charge on any atom is 0.277 e. The van der Waals surface area contributed by atoms with Gasteiger partial charge < -0.3 is 9.84 Å². The highest BCUT2D eigenvalue weighted by Crippen LogP contribution is 2.29. The van der Waals surface area contributed by atoms with Crippen LogP contribution in [-0.2, 0) is 13.2 Å². The number of aliphatic hydroxyl groups excluding tert-OH is 1. The lowest BCUT2D eigenvalue weighted by atomic mass is 10.2. The number of ether oxygens (including phenoxy) is 1. The fraction of sp³-hybridized carbons (Fsp3) is 0.143. The van der Waals surface area contributed by atoms with Gasteiger partial charge in [-0.2, -0.15) is 0 Å². The summed E-state index contributed by atoms with van der Waals surface area (Å²) in [6.45, 7) is -0.328. The Morgan fingerprint density at radius 2 is 2.00 bits per heavy atom. The highest BCUT2D eigenvalue weighted by Gasteiger charge is 2.17. The molecule has 21 heavy (non-hydrogen) atoms. The third-order valence-corrected chi connectivity index (χ3v) is 3.44. The Morgan fingerprint density at radius 1 is 1.24 bits per heavy atom. The van der Waals surface area contributed by atoms with E-state index in [1.54, 1.807) is 24.3 Å². The maximum absolute atomic E-state index is 11.0. The summed E-state index contributed by atoms with van der Waals surface area (Å²) >= 11 is 11.8. The molecule has 2 aromatic rings. The Kier molecular flexibility index (Phi) is 5.01. The quantitative estimate of drug-likeness (QED) is 0.666. The van der Waals surface area contributed by atoms with Crippen LogP contribution in [0.5, 0.6) is 5.75 Å². The molecule has 2 aromatic carbocycles. The smallest absolute Gasteiger partial charge is 0.277 e. The van der Waals surface area contributed by atoms with Crippen LogP contribution < -0.4 is 4.74 Å². The third-order valence-electron chi connectivity index (χ3n) is 2.86. The van der Waals surface area contributed by atoms with Crippen LogP contribution in [0, 0.1) is 10.1 Å². The zero-order chi connectivity index (χ0) is 15.4. The molecule has 0 saturated carbocycles. The van der Waals surface area contributed by atoms with Gasteiger partial charge in [0.05, 0.1) is 22.1 Å². The minimum absolute atomic E-state index is 0.0788. The first-order valence-electron chi connectivity index (χ1n) is 5.96. The first-order chi connectivity index (χ1) is 10.0. The molecule has 110 valence electrons. The summed E-state index contributed by atoms with van der Waals surface area (Å²) in [5.74, 6) is 0.399. The molecule has 0 heterocycles. The molecule has 0 saturated heterocycles. The first-order valence-corrected chi connectivity index (χ1v) is 6.72. The fourth-order valence-corrected chi connectivity index (χ4v) is 2.24. The Labute approximate surface area is 130 Å². The standard InChI is InChI=1S/C14H11Cl2NO4/c15-10-4-5-14(9(6-10)7-18)21-8-11-12(16)2-1-3-13(11)17(19)20/h1-6,18H,7-8H2. The lowest BCUT2D eigenvalue weighted by Gasteiger charge is -2.11. The van der Waals surface area contributed by atoms with Crippen molar-refractivity contribution in [2.75, 3.05) is 0 Å². The summed E-state index contributed by atoms with van der Waals surface area (Å²) in [5, 5.41) is 21.0. The van der Waals surface area contributed by atoms with Crippen LogP contribution in [-0.4, -0.2) is 10.0 Å². The number of aliphatic hydroxyl groups is 1. The van der Waals surface area contributed by atoms with Crippen molar-refractivity contribution in [2.45, 2.75) is 13.2 Å². The first kappa shape index (κ1) is 15.6. The van der Waals surface area contributed by atoms with Crippen LogP contribution >= 0.6 is 23.2 Å². The number of hydrogen-bond acceptors (Lipinski definition) is 4. The predicted octanol–water partition coefficient (Wildman–Crippen LogP) is 3.97. The summed E-state index contributed by atoms with van der Waals surface area (Å²) < 4.78 is 5.53. The van der Waals surface area contributed by atoms with Crippen molar-refractivity contribution < 1.29 is 14.8 Å². The van der Waals surface area contributed by atoms with Crippen LogP contribution in [0.1, 0.15) is 11.1 Å². The molecule has 0 aliphatic heterocycles. The zero-order valence-electron chi connectivity index (χ0n) is 10.8. The third kappa shape index (κ3) is 3.64. The van der Waals surface area contributed by atoms with E-state index in [1.165, 1.54) is 12.1 Å². The van der Waals surface area contributed by atoms with E-state index in [2.05, 4.69) is 0 Å². The van der Waals surface area contributed by atoms with Crippen LogP contribution in [0.2, 0.25) is 10.0 Å². The number of rotatable bonds is 5. The van der Waals surface area contributed by atoms with Gasteiger partial charge in [-0.1, -0.05) is 29.3 Å². The lowest BCUT2D eigenvalue weighted by molar-refractivity contribution is -0.385. The number of nitrogens with zero attached hydrogens (tertiary/aromatic N) is 1. The maximum atomic E-state index is 11.0. The molecule has 5 nitrogen and oxygen atoms in total. The number of nitro groups is 1. The van der Waals surface area contributed by atoms with E-state index in [1.807, 2.05) is 0 Å². The van der Waals surface area contributed by atoms with Crippen molar-refractivity contribution in [2.24, 2.45) is 0 Å². The van der Waals surface area contributed by atoms with E-state index in [0.29, 0.717) is 16.3 Å². The molecule has 0 atom stereocenters. The second-order valence-corrected chi connectivity index (χ2v) is 5.04. The van der Waals surface area contributed by atoms with Gasteiger partial charge >= 0.3 is 0 Å². The summed E-state index contributed by atoms with van der Waals surface area (Å²) in [4.78, 5) is 10.5. The largest absolute Gasteiger partial charge is 0.488 e. The van der Waals surface area contributed by atoms with E-state index in [-0.39, 0.29) is 29.5 Å². The normalized spacial score (nSPS) is 10.4. The highest BCUT2D eigenvalue weighted by molar-refractivity contribution is 6.31. The van der Waals surface area contributed by atoms with Crippen LogP contribution in [0.15, 0.2) is 36.4 Å². The molecular formula is C14H11Cl2NO4. The van der Waals surface area contributed by atoms with Gasteiger partial charge in [0.25, 0.3) is 5.69 Å². The molecule has 1 N–H and O–H groups in total. The van der Waals surface area contributed by atoms with Gasteiger partial charge in [0.2, 0.25) is 0 Å². The number of nitro benzene ring substituents is 1. The topological polar surface area (TPSA) is 72.6 Å². The van der Waals surface area contributed by atoms with Crippen molar-refractivity contribution >= 4 is 28.9 Å². The Morgan fingerprint density at radius 3 is 2.67 bits per heavy atom. The van der Waals surface area contributed by atoms with E-state index in [9.17, 15) is 15.2 Å². The molecule has 7 heteroatoms. The molecule has 0 aromatic heterocycles. The lowest BCUT2D eigenvalue weighted by Crippen LogP contribution is -2.03. The Hall–Kier alpha value is -1.82. The van der Waals surface area contributed by atoms with Crippen molar-refractivity contribution in [1.29, 1.82) is 0 Å². The number of halogens is 2. The van der Waals surface area contributed by atoms with Gasteiger partial charge in [-0.15, -0.1) is 0 Å². The molecule has 0 radical (unpaired) electrons. The van der Waals surface area contributed by atoms with Gasteiger partial charge in [0.1, 0.15) is 12.4 Å². The average molecular weight is 328 g/mol. The van der Waals surface area contributed by atoms with E-state index < -0.39 is 4.92 Å². The molecule has 0 aliphatic carbocycles. The second kappa shape index (κ2) is 6.76. The van der Waals surface area contributed by atoms with Crippen molar-refractivity contribution in [1.82, 2.24) is 0 Å². The molecule has 0 fully saturated rings. The highest BCUT2D eigenvalue weighted by atomic mass is 35.5. The van der Waals surface area contributed by atoms with Crippen LogP contribution in [0.4, 0.5) is 5.69 Å². The van der Waals surface area contributed by atoms with Gasteiger partial charge in [0.15, 0.2) is 0 Å².